The fourth-order valence-corrected chi connectivity index (χ4v) is 7.52. The zero-order valence-electron chi connectivity index (χ0n) is 21.1. The van der Waals surface area contributed by atoms with Crippen molar-refractivity contribution in [3.05, 3.63) is 57.5 Å². The monoisotopic (exact) mass is 528 g/mol. The minimum Gasteiger partial charge on any atom is -0.381 e. The van der Waals surface area contributed by atoms with Crippen molar-refractivity contribution in [3.8, 4) is 0 Å². The summed E-state index contributed by atoms with van der Waals surface area (Å²) in [6, 6.07) is 7.29. The summed E-state index contributed by atoms with van der Waals surface area (Å²) < 4.78 is 16.5. The highest BCUT2D eigenvalue weighted by Crippen LogP contribution is 2.72. The quantitative estimate of drug-likeness (QED) is 0.540. The number of alkyl halides is 1. The summed E-state index contributed by atoms with van der Waals surface area (Å²) in [5.41, 5.74) is 2.78. The molecule has 3 saturated carbocycles. The molecule has 2 heterocycles. The molecular weight excluding hydrogens is 493 g/mol. The van der Waals surface area contributed by atoms with E-state index in [1.807, 2.05) is 19.1 Å². The number of hydrogen-bond donors (Lipinski definition) is 2. The number of nitrogens with zero attached hydrogens (tertiary/aromatic N) is 2. The van der Waals surface area contributed by atoms with Crippen LogP contribution >= 0.6 is 18.5 Å². The van der Waals surface area contributed by atoms with Gasteiger partial charge in [-0.15, -0.1) is 9.24 Å². The molecule has 3 aliphatic carbocycles. The van der Waals surface area contributed by atoms with Crippen molar-refractivity contribution in [2.75, 3.05) is 25.5 Å². The fraction of sp³-hybridized carbons (Fsp3) is 0.556. The van der Waals surface area contributed by atoms with Crippen molar-refractivity contribution in [2.24, 2.45) is 17.3 Å². The lowest BCUT2D eigenvalue weighted by Gasteiger charge is -2.23. The van der Waals surface area contributed by atoms with Crippen molar-refractivity contribution in [1.29, 1.82) is 0 Å². The number of halogens is 1. The van der Waals surface area contributed by atoms with Crippen LogP contribution in [-0.4, -0.2) is 41.6 Å². The van der Waals surface area contributed by atoms with Gasteiger partial charge in [0.15, 0.2) is 0 Å². The van der Waals surface area contributed by atoms with Gasteiger partial charge in [0.2, 0.25) is 0 Å². The van der Waals surface area contributed by atoms with Gasteiger partial charge in [-0.25, -0.2) is 4.39 Å². The van der Waals surface area contributed by atoms with Crippen LogP contribution in [0.25, 0.3) is 0 Å². The highest BCUT2D eigenvalue weighted by atomic mass is 31.0. The van der Waals surface area contributed by atoms with Crippen molar-refractivity contribution < 1.29 is 9.18 Å². The number of piperidine rings is 1. The van der Waals surface area contributed by atoms with Gasteiger partial charge in [0.1, 0.15) is 5.41 Å². The Morgan fingerprint density at radius 1 is 1.28 bits per heavy atom. The van der Waals surface area contributed by atoms with Gasteiger partial charge in [-0.05, 0) is 73.8 Å². The molecule has 9 heteroatoms. The van der Waals surface area contributed by atoms with Crippen LogP contribution in [0.15, 0.2) is 35.3 Å². The first-order chi connectivity index (χ1) is 17.0. The number of nitrogens with one attached hydrogen (secondary N) is 2. The number of amides is 1. The van der Waals surface area contributed by atoms with E-state index in [0.29, 0.717) is 40.1 Å². The lowest BCUT2D eigenvalue weighted by molar-refractivity contribution is 0.0940. The first-order valence-corrected chi connectivity index (χ1v) is 14.0. The number of pyridine rings is 1. The third-order valence-corrected chi connectivity index (χ3v) is 9.83. The lowest BCUT2D eigenvalue weighted by atomic mass is 10.0. The normalized spacial score (nSPS) is 29.8. The highest BCUT2D eigenvalue weighted by Gasteiger charge is 2.64. The molecule has 6 rings (SSSR count). The summed E-state index contributed by atoms with van der Waals surface area (Å²) in [5.74, 6) is 0.903. The summed E-state index contributed by atoms with van der Waals surface area (Å²) in [7, 11) is 7.00. The van der Waals surface area contributed by atoms with Gasteiger partial charge < -0.3 is 20.1 Å². The SMILES string of the molecule is C[C@@H](NC(=O)c1cn([C@@H]2CC23CC3)c(=O)cc1NC1C2CN(C)CC21)c1cccc(C(C)(F)P)c1P. The molecule has 0 bridgehead atoms. The topological polar surface area (TPSA) is 66.4 Å². The second-order valence-electron chi connectivity index (χ2n) is 11.7. The summed E-state index contributed by atoms with van der Waals surface area (Å²) >= 11 is 0. The molecular formula is C27H35FN4O2P2. The predicted octanol–water partition coefficient (Wildman–Crippen LogP) is 3.55. The van der Waals surface area contributed by atoms with E-state index in [1.165, 1.54) is 6.92 Å². The Balaban J connectivity index is 1.28. The van der Waals surface area contributed by atoms with Gasteiger partial charge in [0, 0.05) is 37.4 Å². The molecule has 4 fully saturated rings. The van der Waals surface area contributed by atoms with Gasteiger partial charge in [0.05, 0.1) is 17.3 Å². The second-order valence-corrected chi connectivity index (χ2v) is 13.4. The largest absolute Gasteiger partial charge is 0.381 e. The molecule has 5 unspecified atom stereocenters. The van der Waals surface area contributed by atoms with Crippen LogP contribution in [0.5, 0.6) is 0 Å². The molecule has 1 saturated heterocycles. The molecule has 0 radical (unpaired) electrons. The molecule has 2 aromatic rings. The zero-order chi connectivity index (χ0) is 25.6. The fourth-order valence-electron chi connectivity index (χ4n) is 6.38. The van der Waals surface area contributed by atoms with E-state index in [4.69, 9.17) is 0 Å². The van der Waals surface area contributed by atoms with Gasteiger partial charge in [-0.1, -0.05) is 27.4 Å². The Kier molecular flexibility index (Phi) is 5.69. The van der Waals surface area contributed by atoms with Gasteiger partial charge in [-0.3, -0.25) is 9.59 Å². The second kappa shape index (κ2) is 8.35. The van der Waals surface area contributed by atoms with Crippen LogP contribution in [0.3, 0.4) is 0 Å². The van der Waals surface area contributed by atoms with Crippen LogP contribution in [0.2, 0.25) is 0 Å². The van der Waals surface area contributed by atoms with E-state index in [1.54, 1.807) is 22.9 Å². The molecule has 2 N–H and O–H groups in total. The standard InChI is InChI=1S/C27H35FN4O2P2/c1-14(15-5-4-6-19(24(15)35)26(2,28)36)29-25(34)18-13-32(21-10-27(21)7-8-27)22(33)9-20(18)30-23-16-11-31(3)12-17(16)23/h4-6,9,13-14,16-17,21,23,30H,7-8,10-12,35-36H2,1-3H3,(H,29,34)/t14-,16?,17?,21-,23?,26?/m1/s1. The Morgan fingerprint density at radius 3 is 2.58 bits per heavy atom. The van der Waals surface area contributed by atoms with Crippen LogP contribution in [-0.2, 0) is 5.41 Å². The van der Waals surface area contributed by atoms with Crippen molar-refractivity contribution >= 4 is 35.4 Å². The summed E-state index contributed by atoms with van der Waals surface area (Å²) in [6.45, 7) is 5.50. The van der Waals surface area contributed by atoms with Crippen molar-refractivity contribution in [1.82, 2.24) is 14.8 Å². The maximum Gasteiger partial charge on any atom is 0.255 e. The summed E-state index contributed by atoms with van der Waals surface area (Å²) in [4.78, 5) is 29.1. The molecule has 1 spiro atoms. The average Bonchev–Trinajstić information content (AvgIpc) is 3.76. The predicted molar refractivity (Wildman–Crippen MR) is 148 cm³/mol. The molecule has 1 aromatic heterocycles. The first-order valence-electron chi connectivity index (χ1n) is 12.9. The van der Waals surface area contributed by atoms with Crippen LogP contribution < -0.4 is 21.5 Å². The number of hydrogen-bond acceptors (Lipinski definition) is 4. The van der Waals surface area contributed by atoms with Crippen molar-refractivity contribution in [3.63, 3.8) is 0 Å². The third-order valence-electron chi connectivity index (χ3n) is 8.88. The Morgan fingerprint density at radius 2 is 1.97 bits per heavy atom. The number of likely N-dealkylation sites (tertiary alicyclic amines) is 1. The van der Waals surface area contributed by atoms with Crippen LogP contribution in [0.1, 0.15) is 66.7 Å². The van der Waals surface area contributed by atoms with Gasteiger partial charge >= 0.3 is 0 Å². The minimum absolute atomic E-state index is 0.0403. The third kappa shape index (κ3) is 4.22. The number of rotatable bonds is 7. The Hall–Kier alpha value is -1.81. The molecule has 36 heavy (non-hydrogen) atoms. The molecule has 4 aliphatic rings. The van der Waals surface area contributed by atoms with Crippen LogP contribution in [0.4, 0.5) is 10.1 Å². The lowest BCUT2D eigenvalue weighted by Crippen LogP contribution is -2.33. The summed E-state index contributed by atoms with van der Waals surface area (Å²) in [6.07, 6.45) is 5.13. The zero-order valence-corrected chi connectivity index (χ0v) is 23.4. The minimum atomic E-state index is -1.57. The Bertz CT molecular complexity index is 1290. The number of anilines is 1. The van der Waals surface area contributed by atoms with E-state index in [0.717, 1.165) is 43.2 Å². The van der Waals surface area contributed by atoms with E-state index in [9.17, 15) is 14.0 Å². The van der Waals surface area contributed by atoms with Gasteiger partial charge in [-0.2, -0.15) is 0 Å². The summed E-state index contributed by atoms with van der Waals surface area (Å²) in [5, 5.41) is 5.85. The molecule has 1 aliphatic heterocycles. The Labute approximate surface area is 216 Å². The molecule has 7 atom stereocenters. The maximum atomic E-state index is 14.7. The van der Waals surface area contributed by atoms with Gasteiger partial charge in [0.25, 0.3) is 11.5 Å². The highest BCUT2D eigenvalue weighted by molar-refractivity contribution is 7.28. The number of aromatic nitrogens is 1. The molecule has 6 nitrogen and oxygen atoms in total. The van der Waals surface area contributed by atoms with E-state index < -0.39 is 5.41 Å². The molecule has 1 amide bonds. The molecule has 192 valence electrons. The van der Waals surface area contributed by atoms with Crippen molar-refractivity contribution in [2.45, 2.75) is 56.6 Å². The number of benzene rings is 1. The van der Waals surface area contributed by atoms with E-state index >= 15 is 0 Å². The first kappa shape index (κ1) is 24.5. The number of fused-ring (bicyclic) bond motifs is 1. The van der Waals surface area contributed by atoms with E-state index in [2.05, 4.69) is 41.1 Å². The van der Waals surface area contributed by atoms with Crippen LogP contribution in [0, 0.1) is 17.3 Å². The average molecular weight is 529 g/mol. The maximum absolute atomic E-state index is 14.7. The number of carbonyl (C=O) groups excluding carboxylic acids is 1. The molecule has 1 aromatic carbocycles. The smallest absolute Gasteiger partial charge is 0.255 e. The number of carbonyl (C=O) groups is 1. The van der Waals surface area contributed by atoms with E-state index in [-0.39, 0.29) is 23.6 Å².